The first-order valence-corrected chi connectivity index (χ1v) is 6.77. The molecule has 1 aliphatic carbocycles. The van der Waals surface area contributed by atoms with E-state index in [4.69, 9.17) is 16.7 Å². The standard InChI is InChI=1S/C14H20ClNO/c15-14-6-2-1-5-12(14)11-16(13-7-8-13)9-3-4-10-17/h1-2,5-6,13,17H,3-4,7-11H2. The maximum Gasteiger partial charge on any atom is 0.0451 e. The quantitative estimate of drug-likeness (QED) is 0.755. The van der Waals surface area contributed by atoms with E-state index in [1.54, 1.807) is 0 Å². The van der Waals surface area contributed by atoms with E-state index in [1.165, 1.54) is 18.4 Å². The molecule has 1 aromatic rings. The van der Waals surface area contributed by atoms with Crippen molar-refractivity contribution in [3.05, 3.63) is 34.9 Å². The molecule has 0 radical (unpaired) electrons. The van der Waals surface area contributed by atoms with Gasteiger partial charge < -0.3 is 5.11 Å². The van der Waals surface area contributed by atoms with Crippen LogP contribution in [-0.2, 0) is 6.54 Å². The lowest BCUT2D eigenvalue weighted by Gasteiger charge is -2.22. The Kier molecular flexibility index (Phi) is 4.84. The van der Waals surface area contributed by atoms with Gasteiger partial charge in [0.1, 0.15) is 0 Å². The second-order valence-corrected chi connectivity index (χ2v) is 5.13. The zero-order chi connectivity index (χ0) is 12.1. The topological polar surface area (TPSA) is 23.5 Å². The first-order valence-electron chi connectivity index (χ1n) is 6.39. The Balaban J connectivity index is 1.91. The second-order valence-electron chi connectivity index (χ2n) is 4.72. The van der Waals surface area contributed by atoms with E-state index in [0.29, 0.717) is 6.61 Å². The van der Waals surface area contributed by atoms with Gasteiger partial charge in [-0.2, -0.15) is 0 Å². The van der Waals surface area contributed by atoms with E-state index >= 15 is 0 Å². The lowest BCUT2D eigenvalue weighted by molar-refractivity contribution is 0.229. The number of halogens is 1. The third-order valence-electron chi connectivity index (χ3n) is 3.25. The van der Waals surface area contributed by atoms with Crippen LogP contribution in [0.2, 0.25) is 5.02 Å². The smallest absolute Gasteiger partial charge is 0.0451 e. The molecule has 17 heavy (non-hydrogen) atoms. The van der Waals surface area contributed by atoms with E-state index in [1.807, 2.05) is 18.2 Å². The van der Waals surface area contributed by atoms with E-state index < -0.39 is 0 Å². The van der Waals surface area contributed by atoms with Crippen LogP contribution >= 0.6 is 11.6 Å². The Morgan fingerprint density at radius 1 is 1.24 bits per heavy atom. The summed E-state index contributed by atoms with van der Waals surface area (Å²) in [6.45, 7) is 2.30. The lowest BCUT2D eigenvalue weighted by Crippen LogP contribution is -2.27. The van der Waals surface area contributed by atoms with Crippen molar-refractivity contribution in [2.24, 2.45) is 0 Å². The van der Waals surface area contributed by atoms with Crippen LogP contribution in [-0.4, -0.2) is 29.2 Å². The van der Waals surface area contributed by atoms with Crippen LogP contribution in [0.4, 0.5) is 0 Å². The molecule has 0 aromatic heterocycles. The normalized spacial score (nSPS) is 15.5. The van der Waals surface area contributed by atoms with Gasteiger partial charge in [0.05, 0.1) is 0 Å². The minimum atomic E-state index is 0.296. The van der Waals surface area contributed by atoms with E-state index in [2.05, 4.69) is 11.0 Å². The molecule has 1 saturated carbocycles. The van der Waals surface area contributed by atoms with Crippen molar-refractivity contribution in [2.45, 2.75) is 38.3 Å². The molecule has 1 fully saturated rings. The largest absolute Gasteiger partial charge is 0.396 e. The van der Waals surface area contributed by atoms with Gasteiger partial charge in [-0.1, -0.05) is 29.8 Å². The summed E-state index contributed by atoms with van der Waals surface area (Å²) in [5, 5.41) is 9.69. The highest BCUT2D eigenvalue weighted by molar-refractivity contribution is 6.31. The summed E-state index contributed by atoms with van der Waals surface area (Å²) in [7, 11) is 0. The van der Waals surface area contributed by atoms with Gasteiger partial charge in [-0.15, -0.1) is 0 Å². The summed E-state index contributed by atoms with van der Waals surface area (Å²) < 4.78 is 0. The first kappa shape index (κ1) is 12.9. The molecule has 0 saturated heterocycles. The highest BCUT2D eigenvalue weighted by atomic mass is 35.5. The molecule has 0 heterocycles. The number of hydrogen-bond donors (Lipinski definition) is 1. The Bertz CT molecular complexity index is 352. The number of aliphatic hydroxyl groups is 1. The van der Waals surface area contributed by atoms with Gasteiger partial charge in [0, 0.05) is 24.2 Å². The van der Waals surface area contributed by atoms with Crippen LogP contribution < -0.4 is 0 Å². The minimum Gasteiger partial charge on any atom is -0.396 e. The third-order valence-corrected chi connectivity index (χ3v) is 3.62. The highest BCUT2D eigenvalue weighted by Crippen LogP contribution is 2.29. The van der Waals surface area contributed by atoms with Gasteiger partial charge in [0.25, 0.3) is 0 Å². The Morgan fingerprint density at radius 3 is 2.65 bits per heavy atom. The summed E-state index contributed by atoms with van der Waals surface area (Å²) in [6.07, 6.45) is 4.58. The number of hydrogen-bond acceptors (Lipinski definition) is 2. The highest BCUT2D eigenvalue weighted by Gasteiger charge is 2.28. The van der Waals surface area contributed by atoms with Crippen molar-refractivity contribution in [1.82, 2.24) is 4.90 Å². The fraction of sp³-hybridized carbons (Fsp3) is 0.571. The van der Waals surface area contributed by atoms with Crippen molar-refractivity contribution in [3.63, 3.8) is 0 Å². The lowest BCUT2D eigenvalue weighted by atomic mass is 10.2. The van der Waals surface area contributed by atoms with Crippen molar-refractivity contribution in [1.29, 1.82) is 0 Å². The van der Waals surface area contributed by atoms with Gasteiger partial charge in [-0.05, 0) is 43.9 Å². The summed E-state index contributed by atoms with van der Waals surface area (Å²) in [5.41, 5.74) is 1.21. The third kappa shape index (κ3) is 3.98. The molecule has 0 aliphatic heterocycles. The van der Waals surface area contributed by atoms with Crippen LogP contribution in [0.1, 0.15) is 31.2 Å². The average Bonchev–Trinajstić information content (AvgIpc) is 3.15. The predicted octanol–water partition coefficient (Wildman–Crippen LogP) is 3.08. The van der Waals surface area contributed by atoms with Gasteiger partial charge in [0.15, 0.2) is 0 Å². The fourth-order valence-corrected chi connectivity index (χ4v) is 2.30. The number of rotatable bonds is 7. The summed E-state index contributed by atoms with van der Waals surface area (Å²) in [5.74, 6) is 0. The number of unbranched alkanes of at least 4 members (excludes halogenated alkanes) is 1. The number of benzene rings is 1. The molecule has 0 atom stereocenters. The van der Waals surface area contributed by atoms with Crippen molar-refractivity contribution >= 4 is 11.6 Å². The molecule has 0 amide bonds. The van der Waals surface area contributed by atoms with Crippen LogP contribution in [0.25, 0.3) is 0 Å². The Labute approximate surface area is 108 Å². The molecule has 2 nitrogen and oxygen atoms in total. The molecule has 3 heteroatoms. The molecular weight excluding hydrogens is 234 g/mol. The SMILES string of the molecule is OCCCCN(Cc1ccccc1Cl)C1CC1. The first-order chi connectivity index (χ1) is 8.31. The molecule has 0 bridgehead atoms. The summed E-state index contributed by atoms with van der Waals surface area (Å²) in [4.78, 5) is 2.50. The van der Waals surface area contributed by atoms with Gasteiger partial charge >= 0.3 is 0 Å². The van der Waals surface area contributed by atoms with Crippen molar-refractivity contribution in [3.8, 4) is 0 Å². The van der Waals surface area contributed by atoms with Crippen molar-refractivity contribution < 1.29 is 5.11 Å². The number of aliphatic hydroxyl groups excluding tert-OH is 1. The monoisotopic (exact) mass is 253 g/mol. The average molecular weight is 254 g/mol. The van der Waals surface area contributed by atoms with Gasteiger partial charge in [-0.25, -0.2) is 0 Å². The molecule has 0 unspecified atom stereocenters. The number of nitrogens with zero attached hydrogens (tertiary/aromatic N) is 1. The molecule has 94 valence electrons. The molecule has 0 spiro atoms. The van der Waals surface area contributed by atoms with Crippen LogP contribution in [0.5, 0.6) is 0 Å². The minimum absolute atomic E-state index is 0.296. The maximum atomic E-state index is 8.83. The molecule has 1 aliphatic rings. The van der Waals surface area contributed by atoms with E-state index in [-0.39, 0.29) is 0 Å². The molecule has 1 N–H and O–H groups in total. The van der Waals surface area contributed by atoms with Crippen LogP contribution in [0.3, 0.4) is 0 Å². The summed E-state index contributed by atoms with van der Waals surface area (Å²) >= 11 is 6.19. The van der Waals surface area contributed by atoms with E-state index in [0.717, 1.165) is 37.0 Å². The fourth-order valence-electron chi connectivity index (χ4n) is 2.10. The van der Waals surface area contributed by atoms with Crippen molar-refractivity contribution in [2.75, 3.05) is 13.2 Å². The zero-order valence-corrected chi connectivity index (χ0v) is 10.9. The predicted molar refractivity (Wildman–Crippen MR) is 71.2 cm³/mol. The van der Waals surface area contributed by atoms with Gasteiger partial charge in [-0.3, -0.25) is 4.90 Å². The summed E-state index contributed by atoms with van der Waals surface area (Å²) in [6, 6.07) is 8.81. The Hall–Kier alpha value is -0.570. The Morgan fingerprint density at radius 2 is 2.00 bits per heavy atom. The van der Waals surface area contributed by atoms with E-state index in [9.17, 15) is 0 Å². The maximum absolute atomic E-state index is 8.83. The molecule has 2 rings (SSSR count). The second kappa shape index (κ2) is 6.39. The van der Waals surface area contributed by atoms with Crippen LogP contribution in [0, 0.1) is 0 Å². The molecule has 1 aromatic carbocycles. The van der Waals surface area contributed by atoms with Crippen LogP contribution in [0.15, 0.2) is 24.3 Å². The van der Waals surface area contributed by atoms with Gasteiger partial charge in [0.2, 0.25) is 0 Å². The molecular formula is C14H20ClNO. The zero-order valence-electron chi connectivity index (χ0n) is 10.1.